The topological polar surface area (TPSA) is 15.3 Å². The van der Waals surface area contributed by atoms with Crippen LogP contribution in [-0.4, -0.2) is 19.8 Å². The predicted octanol–water partition coefficient (Wildman–Crippen LogP) is 2.45. The maximum Gasteiger partial charge on any atom is 0.0793 e. The second-order valence-electron chi connectivity index (χ2n) is 4.57. The van der Waals surface area contributed by atoms with Crippen molar-refractivity contribution in [3.8, 4) is 0 Å². The average molecular weight is 204 g/mol. The first kappa shape index (κ1) is 10.5. The standard InChI is InChI=1S/C13H20N2/c1-10-7-11(2)9-12(8-10)15(3)13-5-4-6-14-13/h7-9,13-14H,4-6H2,1-3H3. The Bertz CT molecular complexity index is 320. The van der Waals surface area contributed by atoms with E-state index in [0.717, 1.165) is 6.54 Å². The number of nitrogens with zero attached hydrogens (tertiary/aromatic N) is 1. The van der Waals surface area contributed by atoms with Crippen molar-refractivity contribution >= 4 is 5.69 Å². The highest BCUT2D eigenvalue weighted by Crippen LogP contribution is 2.21. The minimum atomic E-state index is 0.520. The molecule has 1 aromatic carbocycles. The Morgan fingerprint density at radius 1 is 1.20 bits per heavy atom. The SMILES string of the molecule is Cc1cc(C)cc(N(C)C2CCCN2)c1. The van der Waals surface area contributed by atoms with E-state index in [9.17, 15) is 0 Å². The normalized spacial score (nSPS) is 20.6. The third-order valence-corrected chi connectivity index (χ3v) is 3.12. The fraction of sp³-hybridized carbons (Fsp3) is 0.538. The molecule has 1 fully saturated rings. The van der Waals surface area contributed by atoms with Crippen LogP contribution < -0.4 is 10.2 Å². The fourth-order valence-corrected chi connectivity index (χ4v) is 2.33. The molecule has 15 heavy (non-hydrogen) atoms. The Hall–Kier alpha value is -1.02. The van der Waals surface area contributed by atoms with E-state index in [-0.39, 0.29) is 0 Å². The maximum absolute atomic E-state index is 3.52. The number of nitrogens with one attached hydrogen (secondary N) is 1. The van der Waals surface area contributed by atoms with E-state index in [1.54, 1.807) is 0 Å². The monoisotopic (exact) mass is 204 g/mol. The fourth-order valence-electron chi connectivity index (χ4n) is 2.33. The van der Waals surface area contributed by atoms with Crippen molar-refractivity contribution in [1.82, 2.24) is 5.32 Å². The number of hydrogen-bond donors (Lipinski definition) is 1. The largest absolute Gasteiger partial charge is 0.359 e. The van der Waals surface area contributed by atoms with Crippen molar-refractivity contribution < 1.29 is 0 Å². The molecule has 2 nitrogen and oxygen atoms in total. The lowest BCUT2D eigenvalue weighted by Crippen LogP contribution is -2.39. The van der Waals surface area contributed by atoms with Gasteiger partial charge < -0.3 is 4.90 Å². The zero-order chi connectivity index (χ0) is 10.8. The van der Waals surface area contributed by atoms with Crippen LogP contribution in [0.5, 0.6) is 0 Å². The zero-order valence-electron chi connectivity index (χ0n) is 9.88. The quantitative estimate of drug-likeness (QED) is 0.796. The lowest BCUT2D eigenvalue weighted by Gasteiger charge is -2.27. The molecule has 1 N–H and O–H groups in total. The van der Waals surface area contributed by atoms with Crippen LogP contribution in [0.2, 0.25) is 0 Å². The van der Waals surface area contributed by atoms with Crippen LogP contribution in [0.25, 0.3) is 0 Å². The van der Waals surface area contributed by atoms with Crippen molar-refractivity contribution in [3.63, 3.8) is 0 Å². The first-order valence-electron chi connectivity index (χ1n) is 5.71. The molecular formula is C13H20N2. The highest BCUT2D eigenvalue weighted by Gasteiger charge is 2.18. The van der Waals surface area contributed by atoms with Gasteiger partial charge in [0.15, 0.2) is 0 Å². The van der Waals surface area contributed by atoms with Gasteiger partial charge in [-0.05, 0) is 56.5 Å². The maximum atomic E-state index is 3.52. The molecule has 1 aliphatic rings. The number of hydrogen-bond acceptors (Lipinski definition) is 2. The Kier molecular flexibility index (Phi) is 2.96. The molecule has 82 valence electrons. The summed E-state index contributed by atoms with van der Waals surface area (Å²) in [5.74, 6) is 0. The zero-order valence-corrected chi connectivity index (χ0v) is 9.88. The third-order valence-electron chi connectivity index (χ3n) is 3.12. The Morgan fingerprint density at radius 3 is 2.40 bits per heavy atom. The summed E-state index contributed by atoms with van der Waals surface area (Å²) in [6.45, 7) is 5.47. The van der Waals surface area contributed by atoms with Crippen molar-refractivity contribution in [1.29, 1.82) is 0 Å². The third kappa shape index (κ3) is 2.32. The molecule has 1 unspecified atom stereocenters. The van der Waals surface area contributed by atoms with Crippen molar-refractivity contribution in [3.05, 3.63) is 29.3 Å². The summed E-state index contributed by atoms with van der Waals surface area (Å²) in [4.78, 5) is 2.35. The number of benzene rings is 1. The van der Waals surface area contributed by atoms with E-state index in [4.69, 9.17) is 0 Å². The molecule has 1 heterocycles. The van der Waals surface area contributed by atoms with Crippen LogP contribution in [0.15, 0.2) is 18.2 Å². The number of rotatable bonds is 2. The van der Waals surface area contributed by atoms with E-state index in [0.29, 0.717) is 6.17 Å². The molecule has 0 bridgehead atoms. The van der Waals surface area contributed by atoms with Gasteiger partial charge in [-0.3, -0.25) is 5.32 Å². The molecule has 0 amide bonds. The summed E-state index contributed by atoms with van der Waals surface area (Å²) in [6.07, 6.45) is 3.06. The van der Waals surface area contributed by atoms with Crippen LogP contribution in [0.1, 0.15) is 24.0 Å². The molecule has 0 aliphatic carbocycles. The molecule has 1 aromatic rings. The molecule has 1 aliphatic heterocycles. The lowest BCUT2D eigenvalue weighted by molar-refractivity contribution is 0.594. The highest BCUT2D eigenvalue weighted by atomic mass is 15.3. The highest BCUT2D eigenvalue weighted by molar-refractivity contribution is 5.51. The second kappa shape index (κ2) is 4.23. The van der Waals surface area contributed by atoms with Crippen molar-refractivity contribution in [2.45, 2.75) is 32.9 Å². The molecular weight excluding hydrogens is 184 g/mol. The van der Waals surface area contributed by atoms with E-state index in [1.165, 1.54) is 29.7 Å². The Balaban J connectivity index is 2.20. The summed E-state index contributed by atoms with van der Waals surface area (Å²) in [7, 11) is 2.18. The van der Waals surface area contributed by atoms with Gasteiger partial charge in [-0.2, -0.15) is 0 Å². The summed E-state index contributed by atoms with van der Waals surface area (Å²) in [6, 6.07) is 6.74. The molecule has 0 spiro atoms. The van der Waals surface area contributed by atoms with Gasteiger partial charge in [-0.25, -0.2) is 0 Å². The smallest absolute Gasteiger partial charge is 0.0793 e. The summed E-state index contributed by atoms with van der Waals surface area (Å²) in [5.41, 5.74) is 4.01. The Morgan fingerprint density at radius 2 is 1.87 bits per heavy atom. The molecule has 1 atom stereocenters. The van der Waals surface area contributed by atoms with Gasteiger partial charge in [-0.1, -0.05) is 6.07 Å². The van der Waals surface area contributed by atoms with Crippen molar-refractivity contribution in [2.24, 2.45) is 0 Å². The van der Waals surface area contributed by atoms with Gasteiger partial charge in [0.05, 0.1) is 6.17 Å². The molecule has 2 rings (SSSR count). The summed E-state index contributed by atoms with van der Waals surface area (Å²) < 4.78 is 0. The minimum Gasteiger partial charge on any atom is -0.359 e. The number of aryl methyl sites for hydroxylation is 2. The van der Waals surface area contributed by atoms with Gasteiger partial charge in [0.2, 0.25) is 0 Å². The van der Waals surface area contributed by atoms with E-state index in [2.05, 4.69) is 49.3 Å². The summed E-state index contributed by atoms with van der Waals surface area (Å²) in [5, 5.41) is 3.52. The van der Waals surface area contributed by atoms with Gasteiger partial charge in [0.25, 0.3) is 0 Å². The molecule has 1 saturated heterocycles. The first-order chi connectivity index (χ1) is 7.16. The van der Waals surface area contributed by atoms with Crippen LogP contribution in [0.3, 0.4) is 0 Å². The lowest BCUT2D eigenvalue weighted by atomic mass is 10.1. The van der Waals surface area contributed by atoms with Gasteiger partial charge in [0.1, 0.15) is 0 Å². The van der Waals surface area contributed by atoms with Crippen LogP contribution in [0.4, 0.5) is 5.69 Å². The minimum absolute atomic E-state index is 0.520. The molecule has 2 heteroatoms. The molecule has 0 aromatic heterocycles. The van der Waals surface area contributed by atoms with Crippen LogP contribution in [0, 0.1) is 13.8 Å². The Labute approximate surface area is 92.3 Å². The van der Waals surface area contributed by atoms with E-state index >= 15 is 0 Å². The van der Waals surface area contributed by atoms with Crippen molar-refractivity contribution in [2.75, 3.05) is 18.5 Å². The van der Waals surface area contributed by atoms with Gasteiger partial charge in [0, 0.05) is 12.7 Å². The van der Waals surface area contributed by atoms with E-state index in [1.807, 2.05) is 0 Å². The average Bonchev–Trinajstić information content (AvgIpc) is 2.67. The number of anilines is 1. The predicted molar refractivity (Wildman–Crippen MR) is 65.3 cm³/mol. The molecule has 0 saturated carbocycles. The van der Waals surface area contributed by atoms with Gasteiger partial charge in [-0.15, -0.1) is 0 Å². The first-order valence-corrected chi connectivity index (χ1v) is 5.71. The van der Waals surface area contributed by atoms with E-state index < -0.39 is 0 Å². The second-order valence-corrected chi connectivity index (χ2v) is 4.57. The summed E-state index contributed by atoms with van der Waals surface area (Å²) >= 11 is 0. The molecule has 0 radical (unpaired) electrons. The van der Waals surface area contributed by atoms with Crippen LogP contribution >= 0.6 is 0 Å². The van der Waals surface area contributed by atoms with Crippen LogP contribution in [-0.2, 0) is 0 Å². The van der Waals surface area contributed by atoms with Gasteiger partial charge >= 0.3 is 0 Å².